The van der Waals surface area contributed by atoms with E-state index in [0.717, 1.165) is 6.42 Å². The molecule has 0 aliphatic rings. The molecule has 23 heavy (non-hydrogen) atoms. The Labute approximate surface area is 144 Å². The first kappa shape index (κ1) is 23.2. The fourth-order valence-electron chi connectivity index (χ4n) is 1.78. The van der Waals surface area contributed by atoms with E-state index in [9.17, 15) is 0 Å². The Morgan fingerprint density at radius 1 is 1.04 bits per heavy atom. The van der Waals surface area contributed by atoms with E-state index in [-0.39, 0.29) is 0 Å². The number of allylic oxidation sites excluding steroid dienone is 6. The second-order valence-electron chi connectivity index (χ2n) is 4.63. The third-order valence-corrected chi connectivity index (χ3v) is 2.76. The molecule has 0 spiro atoms. The highest BCUT2D eigenvalue weighted by atomic mass is 15.1. The summed E-state index contributed by atoms with van der Waals surface area (Å²) < 4.78 is 0. The average molecular weight is 314 g/mol. The number of aryl methyl sites for hydroxylation is 1. The minimum absolute atomic E-state index is 1.00. The van der Waals surface area contributed by atoms with E-state index in [1.807, 2.05) is 34.6 Å². The van der Waals surface area contributed by atoms with E-state index in [4.69, 9.17) is 0 Å². The van der Waals surface area contributed by atoms with E-state index < -0.39 is 0 Å². The first-order valence-electron chi connectivity index (χ1n) is 8.52. The molecule has 1 nitrogen and oxygen atoms in total. The molecule has 0 N–H and O–H groups in total. The van der Waals surface area contributed by atoms with Crippen molar-refractivity contribution in [2.75, 3.05) is 4.90 Å². The predicted molar refractivity (Wildman–Crippen MR) is 109 cm³/mol. The normalized spacial score (nSPS) is 10.7. The third-order valence-electron chi connectivity index (χ3n) is 2.76. The zero-order chi connectivity index (χ0) is 18.1. The first-order chi connectivity index (χ1) is 11.1. The maximum absolute atomic E-state index is 3.36. The maximum Gasteiger partial charge on any atom is 0.0452 e. The third kappa shape index (κ3) is 10.4. The van der Waals surface area contributed by atoms with Crippen LogP contribution in [0, 0.1) is 6.92 Å². The zero-order valence-corrected chi connectivity index (χ0v) is 16.1. The second kappa shape index (κ2) is 16.4. The highest BCUT2D eigenvalue weighted by Gasteiger charge is 2.06. The summed E-state index contributed by atoms with van der Waals surface area (Å²) in [6, 6.07) is 8.62. The summed E-state index contributed by atoms with van der Waals surface area (Å²) in [4.78, 5) is 2.24. The SMILES string of the molecule is C/C=C\C=C(/CC)N(/C=C/C)c1ccc(C)cc1.C=CC.CC. The Hall–Kier alpha value is -2.02. The molecule has 128 valence electrons. The van der Waals surface area contributed by atoms with E-state index >= 15 is 0 Å². The van der Waals surface area contributed by atoms with Gasteiger partial charge in [-0.25, -0.2) is 0 Å². The standard InChI is InChI=1S/C17H23N.C3H6.C2H6/c1-5-8-9-16(7-3)18(14-6-2)17-12-10-15(4)11-13-17;1-3-2;1-2/h5-6,8-14H,7H2,1-4H3;3H,1H2,2H3;1-2H3/b8-5-,14-6+,16-9+;;. The Morgan fingerprint density at radius 3 is 1.96 bits per heavy atom. The molecule has 0 amide bonds. The topological polar surface area (TPSA) is 3.24 Å². The summed E-state index contributed by atoms with van der Waals surface area (Å²) in [6.07, 6.45) is 13.2. The Bertz CT molecular complexity index is 475. The molecule has 0 atom stereocenters. The Morgan fingerprint density at radius 2 is 1.57 bits per heavy atom. The van der Waals surface area contributed by atoms with Gasteiger partial charge in [-0.2, -0.15) is 0 Å². The fraction of sp³-hybridized carbons (Fsp3) is 0.364. The number of nitrogens with zero attached hydrogens (tertiary/aromatic N) is 1. The van der Waals surface area contributed by atoms with Crippen LogP contribution < -0.4 is 4.90 Å². The number of anilines is 1. The van der Waals surface area contributed by atoms with Crippen LogP contribution in [0.25, 0.3) is 0 Å². The molecule has 0 saturated carbocycles. The van der Waals surface area contributed by atoms with Crippen LogP contribution in [0.3, 0.4) is 0 Å². The molecule has 0 bridgehead atoms. The predicted octanol–water partition coefficient (Wildman–Crippen LogP) is 7.42. The van der Waals surface area contributed by atoms with Crippen LogP contribution in [0.1, 0.15) is 53.5 Å². The Kier molecular flexibility index (Phi) is 16.5. The van der Waals surface area contributed by atoms with Crippen molar-refractivity contribution >= 4 is 5.69 Å². The van der Waals surface area contributed by atoms with Gasteiger partial charge in [0.05, 0.1) is 0 Å². The molecule has 1 heteroatoms. The average Bonchev–Trinajstić information content (AvgIpc) is 2.58. The highest BCUT2D eigenvalue weighted by Crippen LogP contribution is 2.22. The van der Waals surface area contributed by atoms with Crippen LogP contribution in [0.5, 0.6) is 0 Å². The van der Waals surface area contributed by atoms with Gasteiger partial charge in [0.2, 0.25) is 0 Å². The smallest absolute Gasteiger partial charge is 0.0452 e. The monoisotopic (exact) mass is 313 g/mol. The van der Waals surface area contributed by atoms with Crippen molar-refractivity contribution in [3.8, 4) is 0 Å². The summed E-state index contributed by atoms with van der Waals surface area (Å²) in [5.74, 6) is 0. The van der Waals surface area contributed by atoms with Gasteiger partial charge in [0.25, 0.3) is 0 Å². The minimum Gasteiger partial charge on any atom is -0.321 e. The number of hydrogen-bond acceptors (Lipinski definition) is 1. The van der Waals surface area contributed by atoms with E-state index in [2.05, 4.69) is 80.1 Å². The van der Waals surface area contributed by atoms with E-state index in [1.54, 1.807) is 6.08 Å². The molecule has 0 heterocycles. The fourth-order valence-corrected chi connectivity index (χ4v) is 1.78. The van der Waals surface area contributed by atoms with Gasteiger partial charge in [-0.05, 0) is 52.3 Å². The molecule has 0 fully saturated rings. The van der Waals surface area contributed by atoms with Crippen molar-refractivity contribution in [3.05, 3.63) is 78.7 Å². The molecular weight excluding hydrogens is 278 g/mol. The lowest BCUT2D eigenvalue weighted by Crippen LogP contribution is -2.14. The van der Waals surface area contributed by atoms with Crippen LogP contribution in [0.4, 0.5) is 5.69 Å². The quantitative estimate of drug-likeness (QED) is 0.403. The van der Waals surface area contributed by atoms with Gasteiger partial charge >= 0.3 is 0 Å². The molecule has 0 unspecified atom stereocenters. The lowest BCUT2D eigenvalue weighted by atomic mass is 10.2. The number of hydrogen-bond donors (Lipinski definition) is 0. The van der Waals surface area contributed by atoms with Gasteiger partial charge < -0.3 is 4.90 Å². The molecule has 0 aliphatic heterocycles. The van der Waals surface area contributed by atoms with Crippen LogP contribution in [0.15, 0.2) is 73.1 Å². The lowest BCUT2D eigenvalue weighted by Gasteiger charge is -2.23. The molecule has 1 aromatic rings. The first-order valence-corrected chi connectivity index (χ1v) is 8.52. The van der Waals surface area contributed by atoms with Crippen molar-refractivity contribution in [2.45, 2.75) is 54.9 Å². The van der Waals surface area contributed by atoms with E-state index in [1.165, 1.54) is 16.9 Å². The van der Waals surface area contributed by atoms with E-state index in [0.29, 0.717) is 0 Å². The maximum atomic E-state index is 3.36. The van der Waals surface area contributed by atoms with Crippen molar-refractivity contribution in [1.29, 1.82) is 0 Å². The molecule has 0 aromatic heterocycles. The summed E-state index contributed by atoms with van der Waals surface area (Å²) in [6.45, 7) is 17.6. The van der Waals surface area contributed by atoms with Crippen LogP contribution in [-0.4, -0.2) is 0 Å². The lowest BCUT2D eigenvalue weighted by molar-refractivity contribution is 1.01. The zero-order valence-electron chi connectivity index (χ0n) is 16.1. The summed E-state index contributed by atoms with van der Waals surface area (Å²) in [5, 5.41) is 0. The van der Waals surface area contributed by atoms with Crippen LogP contribution in [0.2, 0.25) is 0 Å². The minimum atomic E-state index is 1.00. The summed E-state index contributed by atoms with van der Waals surface area (Å²) >= 11 is 0. The summed E-state index contributed by atoms with van der Waals surface area (Å²) in [5.41, 5.74) is 3.78. The van der Waals surface area contributed by atoms with Gasteiger partial charge in [0.15, 0.2) is 0 Å². The van der Waals surface area contributed by atoms with Gasteiger partial charge in [0.1, 0.15) is 0 Å². The molecule has 0 saturated heterocycles. The molecule has 0 radical (unpaired) electrons. The number of benzene rings is 1. The van der Waals surface area contributed by atoms with Crippen molar-refractivity contribution in [2.24, 2.45) is 0 Å². The van der Waals surface area contributed by atoms with Crippen molar-refractivity contribution < 1.29 is 0 Å². The second-order valence-corrected chi connectivity index (χ2v) is 4.63. The van der Waals surface area contributed by atoms with Crippen LogP contribution in [-0.2, 0) is 0 Å². The van der Waals surface area contributed by atoms with Gasteiger partial charge in [0, 0.05) is 17.6 Å². The van der Waals surface area contributed by atoms with Crippen molar-refractivity contribution in [1.82, 2.24) is 0 Å². The number of rotatable bonds is 5. The molecule has 0 aliphatic carbocycles. The van der Waals surface area contributed by atoms with Gasteiger partial charge in [-0.1, -0.05) is 62.8 Å². The summed E-state index contributed by atoms with van der Waals surface area (Å²) in [7, 11) is 0. The molecular formula is C22H35N. The highest BCUT2D eigenvalue weighted by molar-refractivity contribution is 5.56. The largest absolute Gasteiger partial charge is 0.321 e. The van der Waals surface area contributed by atoms with Gasteiger partial charge in [-0.15, -0.1) is 6.58 Å². The van der Waals surface area contributed by atoms with Crippen LogP contribution >= 0.6 is 0 Å². The van der Waals surface area contributed by atoms with Gasteiger partial charge in [-0.3, -0.25) is 0 Å². The molecule has 1 rings (SSSR count). The molecule has 1 aromatic carbocycles. The van der Waals surface area contributed by atoms with Crippen molar-refractivity contribution in [3.63, 3.8) is 0 Å². The Balaban J connectivity index is 0.